The zero-order valence-corrected chi connectivity index (χ0v) is 9.38. The number of hydrogen-bond acceptors (Lipinski definition) is 3. The second kappa shape index (κ2) is 3.62. The lowest BCUT2D eigenvalue weighted by molar-refractivity contribution is 0.867. The summed E-state index contributed by atoms with van der Waals surface area (Å²) in [7, 11) is 1.69. The first kappa shape index (κ1) is 10.1. The van der Waals surface area contributed by atoms with Gasteiger partial charge in [0, 0.05) is 7.05 Å². The zero-order chi connectivity index (χ0) is 11.0. The molecule has 0 bridgehead atoms. The van der Waals surface area contributed by atoms with Crippen molar-refractivity contribution in [2.24, 2.45) is 13.0 Å². The minimum absolute atomic E-state index is 0.164. The van der Waals surface area contributed by atoms with Crippen LogP contribution in [-0.4, -0.2) is 4.57 Å². The Kier molecular flexibility index (Phi) is 2.44. The van der Waals surface area contributed by atoms with Crippen molar-refractivity contribution >= 4 is 23.5 Å². The maximum Gasteiger partial charge on any atom is 0.310 e. The molecule has 0 saturated heterocycles. The lowest BCUT2D eigenvalue weighted by atomic mass is 10.2. The van der Waals surface area contributed by atoms with E-state index in [-0.39, 0.29) is 15.5 Å². The number of nitrogens with zero attached hydrogens (tertiary/aromatic N) is 1. The SMILES string of the molecule is CC1C=Cc2c(n(C)c(=O)sc2=O)C=C1. The number of rotatable bonds is 0. The Labute approximate surface area is 91.0 Å². The fourth-order valence-corrected chi connectivity index (χ4v) is 2.17. The molecule has 1 atom stereocenters. The molecule has 78 valence electrons. The topological polar surface area (TPSA) is 39.1 Å². The molecular formula is C11H11NO2S. The summed E-state index contributed by atoms with van der Waals surface area (Å²) in [5.41, 5.74) is 1.31. The van der Waals surface area contributed by atoms with Gasteiger partial charge in [-0.3, -0.25) is 9.59 Å². The number of fused-ring (bicyclic) bond motifs is 1. The van der Waals surface area contributed by atoms with E-state index in [0.29, 0.717) is 11.3 Å². The molecule has 0 spiro atoms. The van der Waals surface area contributed by atoms with E-state index >= 15 is 0 Å². The molecule has 0 aliphatic heterocycles. The van der Waals surface area contributed by atoms with Crippen LogP contribution in [0.5, 0.6) is 0 Å². The maximum atomic E-state index is 11.6. The van der Waals surface area contributed by atoms with Gasteiger partial charge in [0.1, 0.15) is 0 Å². The summed E-state index contributed by atoms with van der Waals surface area (Å²) in [6.07, 6.45) is 7.58. The third kappa shape index (κ3) is 1.72. The first-order valence-corrected chi connectivity index (χ1v) is 5.52. The molecule has 1 aliphatic rings. The molecule has 0 radical (unpaired) electrons. The molecule has 1 heterocycles. The van der Waals surface area contributed by atoms with Crippen LogP contribution in [0.4, 0.5) is 0 Å². The molecule has 1 aliphatic carbocycles. The highest BCUT2D eigenvalue weighted by Crippen LogP contribution is 2.15. The molecule has 0 N–H and O–H groups in total. The van der Waals surface area contributed by atoms with Crippen LogP contribution < -0.4 is 9.62 Å². The lowest BCUT2D eigenvalue weighted by Crippen LogP contribution is -2.22. The molecule has 0 aromatic carbocycles. The van der Waals surface area contributed by atoms with Crippen molar-refractivity contribution in [1.82, 2.24) is 4.57 Å². The van der Waals surface area contributed by atoms with Gasteiger partial charge in [-0.15, -0.1) is 0 Å². The van der Waals surface area contributed by atoms with Gasteiger partial charge in [0.2, 0.25) is 4.74 Å². The van der Waals surface area contributed by atoms with Crippen molar-refractivity contribution in [3.05, 3.63) is 42.6 Å². The largest absolute Gasteiger partial charge is 0.310 e. The van der Waals surface area contributed by atoms with Gasteiger partial charge in [-0.25, -0.2) is 0 Å². The fourth-order valence-electron chi connectivity index (χ4n) is 1.50. The highest BCUT2D eigenvalue weighted by Gasteiger charge is 2.10. The van der Waals surface area contributed by atoms with Crippen molar-refractivity contribution in [3.8, 4) is 0 Å². The van der Waals surface area contributed by atoms with Crippen molar-refractivity contribution in [1.29, 1.82) is 0 Å². The van der Waals surface area contributed by atoms with E-state index in [9.17, 15) is 9.59 Å². The first-order valence-electron chi connectivity index (χ1n) is 4.70. The van der Waals surface area contributed by atoms with Crippen LogP contribution in [0.2, 0.25) is 0 Å². The summed E-state index contributed by atoms with van der Waals surface area (Å²) >= 11 is 0.751. The highest BCUT2D eigenvalue weighted by molar-refractivity contribution is 7.06. The fraction of sp³-hybridized carbons (Fsp3) is 0.273. The quantitative estimate of drug-likeness (QED) is 0.665. The van der Waals surface area contributed by atoms with Crippen LogP contribution in [0.25, 0.3) is 12.2 Å². The van der Waals surface area contributed by atoms with E-state index in [1.807, 2.05) is 25.2 Å². The molecule has 0 amide bonds. The summed E-state index contributed by atoms with van der Waals surface area (Å²) in [5.74, 6) is 0.289. The normalized spacial score (nSPS) is 18.7. The van der Waals surface area contributed by atoms with Gasteiger partial charge in [-0.1, -0.05) is 25.2 Å². The van der Waals surface area contributed by atoms with E-state index < -0.39 is 0 Å². The molecule has 4 heteroatoms. The van der Waals surface area contributed by atoms with Crippen molar-refractivity contribution < 1.29 is 0 Å². The molecule has 1 aromatic heterocycles. The summed E-state index contributed by atoms with van der Waals surface area (Å²) in [6, 6.07) is 0. The third-order valence-corrected chi connectivity index (χ3v) is 3.29. The number of hydrogen-bond donors (Lipinski definition) is 0. The maximum absolute atomic E-state index is 11.6. The van der Waals surface area contributed by atoms with E-state index in [2.05, 4.69) is 0 Å². The molecule has 1 unspecified atom stereocenters. The zero-order valence-electron chi connectivity index (χ0n) is 8.56. The Morgan fingerprint density at radius 3 is 2.67 bits per heavy atom. The van der Waals surface area contributed by atoms with Crippen molar-refractivity contribution in [3.63, 3.8) is 0 Å². The van der Waals surface area contributed by atoms with Crippen LogP contribution in [0.15, 0.2) is 21.7 Å². The molecular weight excluding hydrogens is 210 g/mol. The van der Waals surface area contributed by atoms with Gasteiger partial charge in [-0.05, 0) is 23.3 Å². The molecule has 2 rings (SSSR count). The summed E-state index contributed by atoms with van der Waals surface area (Å²) in [6.45, 7) is 2.03. The van der Waals surface area contributed by atoms with Crippen molar-refractivity contribution in [2.75, 3.05) is 0 Å². The highest BCUT2D eigenvalue weighted by atomic mass is 32.1. The smallest absolute Gasteiger partial charge is 0.302 e. The van der Waals surface area contributed by atoms with E-state index in [1.165, 1.54) is 4.57 Å². The summed E-state index contributed by atoms with van der Waals surface area (Å²) in [5, 5.41) is 0. The van der Waals surface area contributed by atoms with Gasteiger partial charge in [0.15, 0.2) is 0 Å². The van der Waals surface area contributed by atoms with Crippen LogP contribution >= 0.6 is 11.3 Å². The predicted octanol–water partition coefficient (Wildman–Crippen LogP) is 1.48. The van der Waals surface area contributed by atoms with Crippen LogP contribution in [0.1, 0.15) is 18.2 Å². The van der Waals surface area contributed by atoms with E-state index in [4.69, 9.17) is 0 Å². The van der Waals surface area contributed by atoms with Gasteiger partial charge >= 0.3 is 4.87 Å². The van der Waals surface area contributed by atoms with Crippen LogP contribution in [0.3, 0.4) is 0 Å². The Morgan fingerprint density at radius 2 is 1.93 bits per heavy atom. The van der Waals surface area contributed by atoms with Crippen LogP contribution in [0, 0.1) is 5.92 Å². The predicted molar refractivity (Wildman–Crippen MR) is 63.1 cm³/mol. The summed E-state index contributed by atoms with van der Waals surface area (Å²) < 4.78 is 1.35. The molecule has 15 heavy (non-hydrogen) atoms. The minimum Gasteiger partial charge on any atom is -0.302 e. The molecule has 0 saturated carbocycles. The van der Waals surface area contributed by atoms with Gasteiger partial charge in [-0.2, -0.15) is 0 Å². The van der Waals surface area contributed by atoms with Crippen LogP contribution in [-0.2, 0) is 7.05 Å². The molecule has 3 nitrogen and oxygen atoms in total. The summed E-state index contributed by atoms with van der Waals surface area (Å²) in [4.78, 5) is 22.8. The average Bonchev–Trinajstić information content (AvgIpc) is 2.38. The van der Waals surface area contributed by atoms with Gasteiger partial charge in [0.25, 0.3) is 0 Å². The Hall–Kier alpha value is -1.42. The number of allylic oxidation sites excluding steroid dienone is 2. The first-order chi connectivity index (χ1) is 7.09. The lowest BCUT2D eigenvalue weighted by Gasteiger charge is -2.04. The van der Waals surface area contributed by atoms with E-state index in [0.717, 1.165) is 11.3 Å². The molecule has 1 aromatic rings. The minimum atomic E-state index is -0.216. The van der Waals surface area contributed by atoms with Gasteiger partial charge in [0.05, 0.1) is 11.3 Å². The number of aromatic nitrogens is 1. The monoisotopic (exact) mass is 221 g/mol. The van der Waals surface area contributed by atoms with Crippen molar-refractivity contribution in [2.45, 2.75) is 6.92 Å². The second-order valence-electron chi connectivity index (χ2n) is 3.59. The standard InChI is InChI=1S/C11H11NO2S/c1-7-3-5-8-9(6-4-7)12(2)11(14)15-10(8)13/h3-7H,1-2H3. The second-order valence-corrected chi connectivity index (χ2v) is 4.51. The third-order valence-electron chi connectivity index (χ3n) is 2.44. The van der Waals surface area contributed by atoms with Gasteiger partial charge < -0.3 is 4.57 Å². The Balaban J connectivity index is 2.84. The average molecular weight is 221 g/mol. The molecule has 0 fully saturated rings. The van der Waals surface area contributed by atoms with E-state index in [1.54, 1.807) is 13.1 Å². The Bertz CT molecular complexity index is 563. The Morgan fingerprint density at radius 1 is 1.27 bits per heavy atom.